The number of nitrogens with one attached hydrogen (secondary N) is 2. The van der Waals surface area contributed by atoms with Crippen LogP contribution < -0.4 is 10.2 Å². The van der Waals surface area contributed by atoms with Crippen molar-refractivity contribution >= 4 is 23.8 Å². The largest absolute Gasteiger partial charge is 0.326 e. The number of amides is 1. The molecule has 6 nitrogen and oxygen atoms in total. The predicted molar refractivity (Wildman–Crippen MR) is 107 cm³/mol. The molecule has 2 aliphatic rings. The van der Waals surface area contributed by atoms with Crippen LogP contribution >= 0.6 is 12.2 Å². The molecule has 1 aliphatic carbocycles. The number of carbonyl (C=O) groups is 1. The Hall–Kier alpha value is -1.99. The van der Waals surface area contributed by atoms with Gasteiger partial charge in [-0.3, -0.25) is 4.79 Å². The van der Waals surface area contributed by atoms with Gasteiger partial charge in [0.2, 0.25) is 10.7 Å². The molecular formula is C20H28N5OS+. The molecule has 1 saturated carbocycles. The zero-order valence-electron chi connectivity index (χ0n) is 15.9. The van der Waals surface area contributed by atoms with Crippen LogP contribution in [0.5, 0.6) is 0 Å². The SMILES string of the molecule is CCn1c(C2CC2)nn(C[NH+]2CCC(C(=O)Nc3ccccc3)CC2)c1=S. The average Bonchev–Trinajstić information content (AvgIpc) is 3.48. The molecule has 1 aromatic carbocycles. The third-order valence-corrected chi connectivity index (χ3v) is 6.12. The quantitative estimate of drug-likeness (QED) is 0.749. The molecule has 1 aromatic heterocycles. The van der Waals surface area contributed by atoms with Gasteiger partial charge in [-0.2, -0.15) is 9.78 Å². The topological polar surface area (TPSA) is 56.3 Å². The van der Waals surface area contributed by atoms with Crippen LogP contribution in [0, 0.1) is 10.7 Å². The normalized spacial score (nSPS) is 22.6. The Labute approximate surface area is 165 Å². The maximum atomic E-state index is 12.5. The summed E-state index contributed by atoms with van der Waals surface area (Å²) in [4.78, 5) is 14.0. The number of anilines is 1. The van der Waals surface area contributed by atoms with E-state index in [1.807, 2.05) is 35.0 Å². The number of para-hydroxylation sites is 1. The second-order valence-electron chi connectivity index (χ2n) is 7.70. The van der Waals surface area contributed by atoms with Crippen molar-refractivity contribution in [2.24, 2.45) is 5.92 Å². The van der Waals surface area contributed by atoms with Crippen molar-refractivity contribution in [1.82, 2.24) is 14.3 Å². The molecule has 144 valence electrons. The molecule has 0 unspecified atom stereocenters. The van der Waals surface area contributed by atoms with E-state index >= 15 is 0 Å². The molecule has 7 heteroatoms. The predicted octanol–water partition coefficient (Wildman–Crippen LogP) is 2.20. The molecule has 1 saturated heterocycles. The van der Waals surface area contributed by atoms with Gasteiger partial charge in [-0.05, 0) is 44.1 Å². The summed E-state index contributed by atoms with van der Waals surface area (Å²) < 4.78 is 5.04. The fourth-order valence-electron chi connectivity index (χ4n) is 3.93. The van der Waals surface area contributed by atoms with Crippen LogP contribution in [0.3, 0.4) is 0 Å². The Morgan fingerprint density at radius 2 is 1.93 bits per heavy atom. The number of piperidine rings is 1. The smallest absolute Gasteiger partial charge is 0.227 e. The molecule has 27 heavy (non-hydrogen) atoms. The van der Waals surface area contributed by atoms with Gasteiger partial charge < -0.3 is 14.8 Å². The van der Waals surface area contributed by atoms with Crippen LogP contribution in [0.1, 0.15) is 44.3 Å². The number of aromatic nitrogens is 3. The molecule has 2 N–H and O–H groups in total. The van der Waals surface area contributed by atoms with Crippen LogP contribution in [0.25, 0.3) is 0 Å². The maximum Gasteiger partial charge on any atom is 0.227 e. The molecule has 2 aromatic rings. The summed E-state index contributed by atoms with van der Waals surface area (Å²) >= 11 is 5.65. The second-order valence-corrected chi connectivity index (χ2v) is 8.06. The van der Waals surface area contributed by atoms with E-state index in [0.717, 1.165) is 49.6 Å². The lowest BCUT2D eigenvalue weighted by molar-refractivity contribution is -0.928. The second kappa shape index (κ2) is 7.94. The van der Waals surface area contributed by atoms with Crippen molar-refractivity contribution in [2.75, 3.05) is 18.4 Å². The Morgan fingerprint density at radius 1 is 1.22 bits per heavy atom. The Morgan fingerprint density at radius 3 is 2.56 bits per heavy atom. The van der Waals surface area contributed by atoms with E-state index in [9.17, 15) is 4.79 Å². The van der Waals surface area contributed by atoms with Gasteiger partial charge in [0.1, 0.15) is 5.82 Å². The molecule has 2 fully saturated rings. The van der Waals surface area contributed by atoms with Gasteiger partial charge in [-0.1, -0.05) is 18.2 Å². The van der Waals surface area contributed by atoms with E-state index in [2.05, 4.69) is 16.8 Å². The molecule has 0 atom stereocenters. The van der Waals surface area contributed by atoms with Gasteiger partial charge in [-0.25, -0.2) is 0 Å². The number of hydrogen-bond acceptors (Lipinski definition) is 3. The first-order valence-electron chi connectivity index (χ1n) is 10.0. The first-order valence-corrected chi connectivity index (χ1v) is 10.4. The average molecular weight is 387 g/mol. The zero-order chi connectivity index (χ0) is 18.8. The first-order chi connectivity index (χ1) is 13.2. The highest BCUT2D eigenvalue weighted by Crippen LogP contribution is 2.39. The number of likely N-dealkylation sites (tertiary alicyclic amines) is 1. The minimum Gasteiger partial charge on any atom is -0.326 e. The molecule has 1 amide bonds. The van der Waals surface area contributed by atoms with Crippen molar-refractivity contribution in [3.8, 4) is 0 Å². The maximum absolute atomic E-state index is 12.5. The van der Waals surface area contributed by atoms with Crippen LogP contribution in [-0.2, 0) is 18.0 Å². The molecule has 0 bridgehead atoms. The van der Waals surface area contributed by atoms with E-state index in [4.69, 9.17) is 17.3 Å². The van der Waals surface area contributed by atoms with E-state index in [0.29, 0.717) is 5.92 Å². The van der Waals surface area contributed by atoms with Crippen LogP contribution in [0.15, 0.2) is 30.3 Å². The first kappa shape index (κ1) is 18.4. The summed E-state index contributed by atoms with van der Waals surface area (Å²) in [7, 11) is 0. The van der Waals surface area contributed by atoms with Crippen molar-refractivity contribution < 1.29 is 9.69 Å². The van der Waals surface area contributed by atoms with Gasteiger partial charge in [0.15, 0.2) is 6.67 Å². The Bertz CT molecular complexity index is 847. The molecule has 2 heterocycles. The van der Waals surface area contributed by atoms with Gasteiger partial charge in [-0.15, -0.1) is 0 Å². The van der Waals surface area contributed by atoms with E-state index in [-0.39, 0.29) is 11.8 Å². The highest BCUT2D eigenvalue weighted by atomic mass is 32.1. The standard InChI is InChI=1S/C20H27N5OS/c1-2-24-18(15-8-9-15)22-25(20(24)27)14-23-12-10-16(11-13-23)19(26)21-17-6-4-3-5-7-17/h3-7,15-16H,2,8-14H2,1H3,(H,21,26)/p+1. The molecule has 0 radical (unpaired) electrons. The molecule has 0 spiro atoms. The molecule has 4 rings (SSSR count). The fourth-order valence-corrected chi connectivity index (χ4v) is 4.25. The number of quaternary nitrogens is 1. The number of hydrogen-bond donors (Lipinski definition) is 2. The van der Waals surface area contributed by atoms with Gasteiger partial charge >= 0.3 is 0 Å². The minimum absolute atomic E-state index is 0.0946. The van der Waals surface area contributed by atoms with Gasteiger partial charge in [0.05, 0.1) is 13.1 Å². The van der Waals surface area contributed by atoms with Crippen molar-refractivity contribution in [2.45, 2.75) is 51.7 Å². The summed E-state index contributed by atoms with van der Waals surface area (Å²) in [5.41, 5.74) is 0.876. The fraction of sp³-hybridized carbons (Fsp3) is 0.550. The third kappa shape index (κ3) is 4.14. The summed E-state index contributed by atoms with van der Waals surface area (Å²) in [6, 6.07) is 9.70. The van der Waals surface area contributed by atoms with Crippen LogP contribution in [0.2, 0.25) is 0 Å². The Kier molecular flexibility index (Phi) is 5.41. The van der Waals surface area contributed by atoms with Crippen molar-refractivity contribution in [3.63, 3.8) is 0 Å². The Balaban J connectivity index is 1.33. The van der Waals surface area contributed by atoms with Crippen molar-refractivity contribution in [3.05, 3.63) is 40.9 Å². The number of carbonyl (C=O) groups excluding carboxylic acids is 1. The highest BCUT2D eigenvalue weighted by molar-refractivity contribution is 7.71. The van der Waals surface area contributed by atoms with Crippen molar-refractivity contribution in [1.29, 1.82) is 0 Å². The number of rotatable bonds is 6. The lowest BCUT2D eigenvalue weighted by Gasteiger charge is -2.28. The van der Waals surface area contributed by atoms with E-state index < -0.39 is 0 Å². The molecular weight excluding hydrogens is 358 g/mol. The van der Waals surface area contributed by atoms with Crippen LogP contribution in [0.4, 0.5) is 5.69 Å². The molecule has 1 aliphatic heterocycles. The number of benzene rings is 1. The summed E-state index contributed by atoms with van der Waals surface area (Å²) in [6.07, 6.45) is 4.29. The highest BCUT2D eigenvalue weighted by Gasteiger charge is 2.31. The zero-order valence-corrected chi connectivity index (χ0v) is 16.7. The van der Waals surface area contributed by atoms with Crippen LogP contribution in [-0.4, -0.2) is 33.3 Å². The van der Waals surface area contributed by atoms with Gasteiger partial charge in [0, 0.05) is 36.9 Å². The summed E-state index contributed by atoms with van der Waals surface area (Å²) in [6.45, 7) is 5.79. The summed E-state index contributed by atoms with van der Waals surface area (Å²) in [5, 5.41) is 7.86. The lowest BCUT2D eigenvalue weighted by Crippen LogP contribution is -3.12. The van der Waals surface area contributed by atoms with E-state index in [1.165, 1.54) is 23.6 Å². The van der Waals surface area contributed by atoms with E-state index in [1.54, 1.807) is 0 Å². The lowest BCUT2D eigenvalue weighted by atomic mass is 9.96. The minimum atomic E-state index is 0.0946. The third-order valence-electron chi connectivity index (χ3n) is 5.69. The summed E-state index contributed by atoms with van der Waals surface area (Å²) in [5.74, 6) is 2.01. The monoisotopic (exact) mass is 386 g/mol. The van der Waals surface area contributed by atoms with Gasteiger partial charge in [0.25, 0.3) is 0 Å². The number of nitrogens with zero attached hydrogens (tertiary/aromatic N) is 3.